The Morgan fingerprint density at radius 3 is 2.76 bits per heavy atom. The molecule has 0 saturated carbocycles. The van der Waals surface area contributed by atoms with E-state index >= 15 is 0 Å². The van der Waals surface area contributed by atoms with Crippen LogP contribution in [0.3, 0.4) is 0 Å². The molecule has 110 valence electrons. The van der Waals surface area contributed by atoms with E-state index in [4.69, 9.17) is 11.6 Å². The van der Waals surface area contributed by atoms with Crippen LogP contribution in [0.15, 0.2) is 23.2 Å². The Kier molecular flexibility index (Phi) is 4.80. The van der Waals surface area contributed by atoms with Gasteiger partial charge in [-0.2, -0.15) is 0 Å². The lowest BCUT2D eigenvalue weighted by molar-refractivity contribution is 0.0690. The van der Waals surface area contributed by atoms with Crippen molar-refractivity contribution in [1.29, 1.82) is 0 Å². The Morgan fingerprint density at radius 1 is 1.38 bits per heavy atom. The second-order valence-electron chi connectivity index (χ2n) is 4.34. The molecule has 0 saturated heterocycles. The molecular weight excluding hydrogens is 315 g/mol. The van der Waals surface area contributed by atoms with Crippen molar-refractivity contribution in [3.63, 3.8) is 0 Å². The number of benzene rings is 1. The number of nitrogens with zero attached hydrogens (tertiary/aromatic N) is 2. The summed E-state index contributed by atoms with van der Waals surface area (Å²) < 4.78 is 13.8. The minimum absolute atomic E-state index is 0.0432. The van der Waals surface area contributed by atoms with Crippen LogP contribution in [0.2, 0.25) is 5.02 Å². The summed E-state index contributed by atoms with van der Waals surface area (Å²) in [6.45, 7) is 3.30. The van der Waals surface area contributed by atoms with Gasteiger partial charge in [0.15, 0.2) is 0 Å². The molecule has 0 aliphatic carbocycles. The fourth-order valence-corrected chi connectivity index (χ4v) is 3.12. The number of thioether (sulfide) groups is 1. The molecule has 0 bridgehead atoms. The summed E-state index contributed by atoms with van der Waals surface area (Å²) in [4.78, 5) is 19.5. The van der Waals surface area contributed by atoms with E-state index < -0.39 is 11.8 Å². The molecule has 0 aliphatic rings. The number of rotatable bonds is 4. The van der Waals surface area contributed by atoms with Crippen LogP contribution in [0.5, 0.6) is 0 Å². The fourth-order valence-electron chi connectivity index (χ4n) is 1.84. The van der Waals surface area contributed by atoms with Crippen molar-refractivity contribution in [2.24, 2.45) is 0 Å². The molecule has 4 nitrogen and oxygen atoms in total. The third-order valence-electron chi connectivity index (χ3n) is 2.78. The Balaban J connectivity index is 2.32. The third-order valence-corrected chi connectivity index (χ3v) is 4.09. The smallest absolute Gasteiger partial charge is 0.340 e. The normalized spacial score (nSPS) is 10.7. The first-order valence-corrected chi connectivity index (χ1v) is 7.40. The first-order chi connectivity index (χ1) is 9.90. The summed E-state index contributed by atoms with van der Waals surface area (Å²) in [5, 5.41) is 9.61. The molecule has 0 atom stereocenters. The molecule has 1 heterocycles. The van der Waals surface area contributed by atoms with Gasteiger partial charge in [-0.05, 0) is 25.5 Å². The highest BCUT2D eigenvalue weighted by atomic mass is 35.5. The highest BCUT2D eigenvalue weighted by Crippen LogP contribution is 2.28. The number of carboxylic acid groups (broad SMARTS) is 1. The molecule has 0 aliphatic heterocycles. The Hall–Kier alpha value is -1.66. The molecule has 2 rings (SSSR count). The number of halogens is 2. The predicted octanol–water partition coefficient (Wildman–Crippen LogP) is 3.88. The molecule has 1 aromatic carbocycles. The van der Waals surface area contributed by atoms with Crippen molar-refractivity contribution in [3.8, 4) is 0 Å². The molecule has 2 aromatic rings. The summed E-state index contributed by atoms with van der Waals surface area (Å²) in [7, 11) is 0. The van der Waals surface area contributed by atoms with Crippen molar-refractivity contribution in [1.82, 2.24) is 9.97 Å². The van der Waals surface area contributed by atoms with E-state index in [1.165, 1.54) is 6.07 Å². The maximum Gasteiger partial charge on any atom is 0.340 e. The van der Waals surface area contributed by atoms with Gasteiger partial charge in [-0.3, -0.25) is 0 Å². The summed E-state index contributed by atoms with van der Waals surface area (Å²) in [6.07, 6.45) is 0. The highest BCUT2D eigenvalue weighted by Gasteiger charge is 2.18. The zero-order valence-electron chi connectivity index (χ0n) is 11.4. The zero-order valence-corrected chi connectivity index (χ0v) is 12.9. The topological polar surface area (TPSA) is 63.1 Å². The van der Waals surface area contributed by atoms with E-state index in [-0.39, 0.29) is 16.3 Å². The van der Waals surface area contributed by atoms with Gasteiger partial charge in [0.05, 0.1) is 10.7 Å². The molecule has 7 heteroatoms. The largest absolute Gasteiger partial charge is 0.478 e. The van der Waals surface area contributed by atoms with E-state index in [0.29, 0.717) is 22.1 Å². The minimum atomic E-state index is -1.10. The van der Waals surface area contributed by atoms with Crippen LogP contribution in [0.25, 0.3) is 0 Å². The molecule has 0 spiro atoms. The lowest BCUT2D eigenvalue weighted by atomic mass is 10.2. The highest BCUT2D eigenvalue weighted by molar-refractivity contribution is 7.98. The van der Waals surface area contributed by atoms with Gasteiger partial charge in [-0.15, -0.1) is 11.8 Å². The third kappa shape index (κ3) is 3.51. The van der Waals surface area contributed by atoms with Crippen LogP contribution in [0.4, 0.5) is 4.39 Å². The van der Waals surface area contributed by atoms with Gasteiger partial charge in [0, 0.05) is 5.75 Å². The average molecular weight is 327 g/mol. The molecule has 0 unspecified atom stereocenters. The molecule has 0 fully saturated rings. The van der Waals surface area contributed by atoms with E-state index in [9.17, 15) is 14.3 Å². The number of aromatic nitrogens is 2. The molecule has 1 N–H and O–H groups in total. The van der Waals surface area contributed by atoms with Crippen LogP contribution in [-0.4, -0.2) is 21.0 Å². The van der Waals surface area contributed by atoms with Crippen molar-refractivity contribution < 1.29 is 14.3 Å². The molecular formula is C14H12ClFN2O2S. The summed E-state index contributed by atoms with van der Waals surface area (Å²) in [5.41, 5.74) is 0.842. The van der Waals surface area contributed by atoms with Crippen LogP contribution < -0.4 is 0 Å². The van der Waals surface area contributed by atoms with Gasteiger partial charge in [-0.25, -0.2) is 19.2 Å². The number of aromatic carboxylic acids is 1. The first kappa shape index (κ1) is 15.7. The fraction of sp³-hybridized carbons (Fsp3) is 0.214. The second-order valence-corrected chi connectivity index (χ2v) is 5.71. The zero-order chi connectivity index (χ0) is 15.6. The van der Waals surface area contributed by atoms with Gasteiger partial charge < -0.3 is 5.11 Å². The van der Waals surface area contributed by atoms with E-state index in [1.54, 1.807) is 26.0 Å². The first-order valence-electron chi connectivity index (χ1n) is 6.04. The average Bonchev–Trinajstić information content (AvgIpc) is 2.39. The number of carboxylic acids is 1. The van der Waals surface area contributed by atoms with E-state index in [1.807, 2.05) is 0 Å². The second kappa shape index (κ2) is 6.41. The van der Waals surface area contributed by atoms with Crippen molar-refractivity contribution in [2.75, 3.05) is 0 Å². The monoisotopic (exact) mass is 326 g/mol. The van der Waals surface area contributed by atoms with E-state index in [2.05, 4.69) is 9.97 Å². The Morgan fingerprint density at radius 2 is 2.10 bits per heavy atom. The molecule has 21 heavy (non-hydrogen) atoms. The Bertz CT molecular complexity index is 710. The summed E-state index contributed by atoms with van der Waals surface area (Å²) in [5.74, 6) is -0.873. The number of aryl methyl sites for hydroxylation is 2. The maximum absolute atomic E-state index is 13.8. The molecule has 0 amide bonds. The predicted molar refractivity (Wildman–Crippen MR) is 79.4 cm³/mol. The van der Waals surface area contributed by atoms with Gasteiger partial charge >= 0.3 is 5.97 Å². The van der Waals surface area contributed by atoms with Crippen LogP contribution in [0.1, 0.15) is 27.4 Å². The minimum Gasteiger partial charge on any atom is -0.478 e. The van der Waals surface area contributed by atoms with Crippen molar-refractivity contribution in [2.45, 2.75) is 24.6 Å². The van der Waals surface area contributed by atoms with Gasteiger partial charge in [0.25, 0.3) is 0 Å². The lowest BCUT2D eigenvalue weighted by Crippen LogP contribution is -2.08. The van der Waals surface area contributed by atoms with Gasteiger partial charge in [-0.1, -0.05) is 23.7 Å². The SMILES string of the molecule is Cc1nc(C)c(C(=O)O)c(SCc2cccc(Cl)c2F)n1. The van der Waals surface area contributed by atoms with E-state index in [0.717, 1.165) is 11.8 Å². The molecule has 1 aromatic heterocycles. The van der Waals surface area contributed by atoms with Crippen LogP contribution >= 0.6 is 23.4 Å². The van der Waals surface area contributed by atoms with Gasteiger partial charge in [0.1, 0.15) is 22.2 Å². The van der Waals surface area contributed by atoms with Gasteiger partial charge in [0.2, 0.25) is 0 Å². The standard InChI is InChI=1S/C14H12ClFN2O2S/c1-7-11(14(19)20)13(18-8(2)17-7)21-6-9-4-3-5-10(15)12(9)16/h3-5H,6H2,1-2H3,(H,19,20). The van der Waals surface area contributed by atoms with Crippen molar-refractivity contribution in [3.05, 3.63) is 51.7 Å². The quantitative estimate of drug-likeness (QED) is 0.682. The maximum atomic E-state index is 13.8. The van der Waals surface area contributed by atoms with Crippen LogP contribution in [0, 0.1) is 19.7 Å². The molecule has 0 radical (unpaired) electrons. The number of hydrogen-bond acceptors (Lipinski definition) is 4. The summed E-state index contributed by atoms with van der Waals surface area (Å²) in [6, 6.07) is 4.72. The summed E-state index contributed by atoms with van der Waals surface area (Å²) >= 11 is 6.87. The van der Waals surface area contributed by atoms with Crippen LogP contribution in [-0.2, 0) is 5.75 Å². The van der Waals surface area contributed by atoms with Crippen molar-refractivity contribution >= 4 is 29.3 Å². The lowest BCUT2D eigenvalue weighted by Gasteiger charge is -2.09. The Labute approximate surface area is 130 Å². The number of hydrogen-bond donors (Lipinski definition) is 1. The number of carbonyl (C=O) groups is 1.